The van der Waals surface area contributed by atoms with E-state index in [0.717, 1.165) is 24.8 Å². The third-order valence-electron chi connectivity index (χ3n) is 7.70. The molecule has 3 amide bonds. The lowest BCUT2D eigenvalue weighted by atomic mass is 9.78. The lowest BCUT2D eigenvalue weighted by Gasteiger charge is -2.45. The molecule has 2 aliphatic rings. The summed E-state index contributed by atoms with van der Waals surface area (Å²) in [5.74, 6) is -1.43. The van der Waals surface area contributed by atoms with Crippen molar-refractivity contribution in [3.05, 3.63) is 88.9 Å². The number of Topliss-reactive ketones (excluding diaryl/α,β-unsaturated/α-hetero) is 1. The maximum Gasteiger partial charge on any atom is 0.299 e. The summed E-state index contributed by atoms with van der Waals surface area (Å²) < 4.78 is 5.23. The molecular weight excluding hydrogens is 530 g/mol. The minimum Gasteiger partial charge on any atom is -0.497 e. The van der Waals surface area contributed by atoms with Crippen molar-refractivity contribution < 1.29 is 23.9 Å². The molecule has 0 bridgehead atoms. The molecule has 3 aromatic rings. The number of amides is 3. The summed E-state index contributed by atoms with van der Waals surface area (Å²) in [7, 11) is 1.57. The average molecular weight is 560 g/mol. The summed E-state index contributed by atoms with van der Waals surface area (Å²) in [5, 5.41) is 3.57. The van der Waals surface area contributed by atoms with Crippen molar-refractivity contribution in [1.29, 1.82) is 0 Å². The SMILES string of the molecule is COc1ccc(NC(=O)C2(N(Cc3ccc(Cl)cc3)C(=O)CN3C(=O)C(=O)c4ccccc43)CCCCC2)cc1. The summed E-state index contributed by atoms with van der Waals surface area (Å²) in [4.78, 5) is 56.6. The summed E-state index contributed by atoms with van der Waals surface area (Å²) in [6.45, 7) is -0.212. The Labute approximate surface area is 237 Å². The first-order chi connectivity index (χ1) is 19.3. The molecule has 8 nitrogen and oxygen atoms in total. The van der Waals surface area contributed by atoms with Gasteiger partial charge in [0.2, 0.25) is 11.8 Å². The Balaban J connectivity index is 1.50. The van der Waals surface area contributed by atoms with E-state index in [1.807, 2.05) is 12.1 Å². The molecule has 1 aliphatic carbocycles. The standard InChI is InChI=1S/C31H30ClN3O5/c1-40-24-15-13-23(14-16-24)33-30(39)31(17-5-2-6-18-31)35(19-21-9-11-22(32)12-10-21)27(36)20-34-26-8-4-3-7-25(26)28(37)29(34)38/h3-4,7-16H,2,5-6,17-20H2,1H3,(H,33,39). The molecule has 0 unspecified atom stereocenters. The highest BCUT2D eigenvalue weighted by Gasteiger charge is 2.48. The molecule has 0 saturated heterocycles. The second kappa shape index (κ2) is 11.5. The maximum absolute atomic E-state index is 14.2. The highest BCUT2D eigenvalue weighted by Crippen LogP contribution is 2.37. The number of fused-ring (bicyclic) bond motifs is 1. The van der Waals surface area contributed by atoms with Gasteiger partial charge in [0.25, 0.3) is 11.7 Å². The Morgan fingerprint density at radius 1 is 0.950 bits per heavy atom. The van der Waals surface area contributed by atoms with Crippen LogP contribution in [0.25, 0.3) is 0 Å². The Bertz CT molecular complexity index is 1430. The fraction of sp³-hybridized carbons (Fsp3) is 0.290. The van der Waals surface area contributed by atoms with E-state index in [-0.39, 0.29) is 24.6 Å². The van der Waals surface area contributed by atoms with E-state index in [0.29, 0.717) is 35.0 Å². The van der Waals surface area contributed by atoms with Gasteiger partial charge in [0.15, 0.2) is 0 Å². The van der Waals surface area contributed by atoms with Crippen molar-refractivity contribution in [2.24, 2.45) is 0 Å². The molecule has 0 aromatic heterocycles. The van der Waals surface area contributed by atoms with Gasteiger partial charge in [-0.25, -0.2) is 0 Å². The van der Waals surface area contributed by atoms with Crippen LogP contribution in [0.4, 0.5) is 11.4 Å². The van der Waals surface area contributed by atoms with Crippen LogP contribution in [0.2, 0.25) is 5.02 Å². The molecule has 1 N–H and O–H groups in total. The van der Waals surface area contributed by atoms with Crippen molar-refractivity contribution in [1.82, 2.24) is 4.90 Å². The molecule has 1 heterocycles. The van der Waals surface area contributed by atoms with Crippen LogP contribution in [0.3, 0.4) is 0 Å². The molecule has 40 heavy (non-hydrogen) atoms. The molecule has 1 fully saturated rings. The average Bonchev–Trinajstić information content (AvgIpc) is 3.22. The third-order valence-corrected chi connectivity index (χ3v) is 7.95. The van der Waals surface area contributed by atoms with Gasteiger partial charge in [-0.05, 0) is 66.9 Å². The third kappa shape index (κ3) is 5.31. The molecule has 0 radical (unpaired) electrons. The second-order valence-electron chi connectivity index (χ2n) is 10.1. The van der Waals surface area contributed by atoms with Crippen LogP contribution < -0.4 is 15.0 Å². The minimum atomic E-state index is -1.15. The van der Waals surface area contributed by atoms with Crippen molar-refractivity contribution >= 4 is 46.5 Å². The summed E-state index contributed by atoms with van der Waals surface area (Å²) >= 11 is 6.11. The van der Waals surface area contributed by atoms with Gasteiger partial charge in [-0.15, -0.1) is 0 Å². The topological polar surface area (TPSA) is 96.0 Å². The highest BCUT2D eigenvalue weighted by molar-refractivity contribution is 6.52. The first-order valence-corrected chi connectivity index (χ1v) is 13.7. The zero-order chi connectivity index (χ0) is 28.3. The smallest absolute Gasteiger partial charge is 0.299 e. The number of para-hydroxylation sites is 1. The van der Waals surface area contributed by atoms with Crippen LogP contribution in [0.15, 0.2) is 72.8 Å². The fourth-order valence-corrected chi connectivity index (χ4v) is 5.68. The van der Waals surface area contributed by atoms with E-state index in [9.17, 15) is 19.2 Å². The number of carbonyl (C=O) groups excluding carboxylic acids is 4. The fourth-order valence-electron chi connectivity index (χ4n) is 5.55. The Kier molecular flexibility index (Phi) is 7.89. The zero-order valence-corrected chi connectivity index (χ0v) is 22.9. The Morgan fingerprint density at radius 3 is 2.30 bits per heavy atom. The van der Waals surface area contributed by atoms with E-state index >= 15 is 0 Å². The van der Waals surface area contributed by atoms with Crippen LogP contribution in [-0.4, -0.2) is 47.6 Å². The quantitative estimate of drug-likeness (QED) is 0.380. The number of carbonyl (C=O) groups is 4. The molecular formula is C31H30ClN3O5. The number of ketones is 1. The number of hydrogen-bond acceptors (Lipinski definition) is 5. The van der Waals surface area contributed by atoms with Crippen molar-refractivity contribution in [2.45, 2.75) is 44.2 Å². The van der Waals surface area contributed by atoms with Gasteiger partial charge < -0.3 is 15.0 Å². The van der Waals surface area contributed by atoms with Crippen LogP contribution in [0.5, 0.6) is 5.75 Å². The molecule has 9 heteroatoms. The first-order valence-electron chi connectivity index (χ1n) is 13.3. The lowest BCUT2D eigenvalue weighted by molar-refractivity contribution is -0.148. The van der Waals surface area contributed by atoms with Crippen LogP contribution in [-0.2, 0) is 20.9 Å². The number of nitrogens with zero attached hydrogens (tertiary/aromatic N) is 2. The van der Waals surface area contributed by atoms with E-state index in [1.165, 1.54) is 4.90 Å². The molecule has 3 aromatic carbocycles. The van der Waals surface area contributed by atoms with E-state index in [4.69, 9.17) is 16.3 Å². The predicted molar refractivity (Wildman–Crippen MR) is 153 cm³/mol. The van der Waals surface area contributed by atoms with Gasteiger partial charge in [0, 0.05) is 17.3 Å². The number of halogens is 1. The highest BCUT2D eigenvalue weighted by atomic mass is 35.5. The molecule has 206 valence electrons. The van der Waals surface area contributed by atoms with Crippen molar-refractivity contribution in [2.75, 3.05) is 23.9 Å². The number of ether oxygens (including phenoxy) is 1. The van der Waals surface area contributed by atoms with Crippen LogP contribution in [0, 0.1) is 0 Å². The van der Waals surface area contributed by atoms with E-state index < -0.39 is 23.1 Å². The van der Waals surface area contributed by atoms with Crippen LogP contribution >= 0.6 is 11.6 Å². The lowest BCUT2D eigenvalue weighted by Crippen LogP contribution is -2.61. The summed E-state index contributed by atoms with van der Waals surface area (Å²) in [6.07, 6.45) is 3.43. The van der Waals surface area contributed by atoms with E-state index in [1.54, 1.807) is 72.7 Å². The minimum absolute atomic E-state index is 0.143. The van der Waals surface area contributed by atoms with Gasteiger partial charge in [-0.3, -0.25) is 24.1 Å². The number of hydrogen-bond donors (Lipinski definition) is 1. The predicted octanol–water partition coefficient (Wildman–Crippen LogP) is 5.25. The monoisotopic (exact) mass is 559 g/mol. The number of rotatable bonds is 8. The number of anilines is 2. The Hall–Kier alpha value is -4.17. The number of benzene rings is 3. The van der Waals surface area contributed by atoms with Gasteiger partial charge in [0.05, 0.1) is 18.4 Å². The first kappa shape index (κ1) is 27.4. The number of nitrogens with one attached hydrogen (secondary N) is 1. The van der Waals surface area contributed by atoms with Crippen molar-refractivity contribution in [3.8, 4) is 5.75 Å². The maximum atomic E-state index is 14.2. The molecule has 0 atom stereocenters. The van der Waals surface area contributed by atoms with Crippen molar-refractivity contribution in [3.63, 3.8) is 0 Å². The number of methoxy groups -OCH3 is 1. The molecule has 1 saturated carbocycles. The second-order valence-corrected chi connectivity index (χ2v) is 10.6. The molecule has 1 aliphatic heterocycles. The largest absolute Gasteiger partial charge is 0.497 e. The molecule has 0 spiro atoms. The van der Waals surface area contributed by atoms with Gasteiger partial charge in [-0.2, -0.15) is 0 Å². The normalized spacial score (nSPS) is 15.9. The van der Waals surface area contributed by atoms with Gasteiger partial charge in [0.1, 0.15) is 17.8 Å². The Morgan fingerprint density at radius 2 is 1.62 bits per heavy atom. The summed E-state index contributed by atoms with van der Waals surface area (Å²) in [5.41, 5.74) is 0.904. The van der Waals surface area contributed by atoms with Gasteiger partial charge in [-0.1, -0.05) is 55.1 Å². The van der Waals surface area contributed by atoms with E-state index in [2.05, 4.69) is 5.32 Å². The zero-order valence-electron chi connectivity index (χ0n) is 22.2. The molecule has 5 rings (SSSR count). The van der Waals surface area contributed by atoms with Gasteiger partial charge >= 0.3 is 0 Å². The van der Waals surface area contributed by atoms with Crippen LogP contribution in [0.1, 0.15) is 48.0 Å². The summed E-state index contributed by atoms with van der Waals surface area (Å²) in [6, 6.07) is 20.8.